The molecular formula is C20H17N5O5. The zero-order valence-electron chi connectivity index (χ0n) is 16.1. The Morgan fingerprint density at radius 3 is 2.40 bits per heavy atom. The summed E-state index contributed by atoms with van der Waals surface area (Å²) in [5.41, 5.74) is 0.992. The van der Waals surface area contributed by atoms with Crippen LogP contribution in [0.3, 0.4) is 0 Å². The summed E-state index contributed by atoms with van der Waals surface area (Å²) in [4.78, 5) is 26.1. The standard InChI is InChI=1S/C20H17N5O5/c1-29-14-9-5-12(6-10-14)18(27)15-16(19(28)30-2)21-20-22-23-24-25(20)17(15)11-3-7-13(26)8-4-11/h3-10,17,26H,1-2H3,(H,21,22,24)/t17-/m0/s1. The molecule has 2 N–H and O–H groups in total. The van der Waals surface area contributed by atoms with Gasteiger partial charge in [0.05, 0.1) is 19.8 Å². The van der Waals surface area contributed by atoms with E-state index in [2.05, 4.69) is 20.8 Å². The number of aromatic nitrogens is 4. The third-order valence-corrected chi connectivity index (χ3v) is 4.71. The second kappa shape index (κ2) is 7.66. The van der Waals surface area contributed by atoms with Crippen molar-refractivity contribution in [2.45, 2.75) is 6.04 Å². The SMILES string of the molecule is COC(=O)C1=C(C(=O)c2ccc(OC)cc2)[C@H](c2ccc(O)cc2)n2nnnc2N1. The van der Waals surface area contributed by atoms with Gasteiger partial charge in [-0.05, 0) is 52.4 Å². The van der Waals surface area contributed by atoms with E-state index in [4.69, 9.17) is 9.47 Å². The first-order valence-corrected chi connectivity index (χ1v) is 8.88. The highest BCUT2D eigenvalue weighted by molar-refractivity contribution is 6.14. The van der Waals surface area contributed by atoms with Gasteiger partial charge in [0.1, 0.15) is 23.2 Å². The van der Waals surface area contributed by atoms with Gasteiger partial charge in [-0.2, -0.15) is 4.68 Å². The minimum absolute atomic E-state index is 0.0568. The largest absolute Gasteiger partial charge is 0.508 e. The first-order chi connectivity index (χ1) is 14.5. The summed E-state index contributed by atoms with van der Waals surface area (Å²) in [6.45, 7) is 0. The number of carbonyl (C=O) groups is 2. The van der Waals surface area contributed by atoms with Crippen molar-refractivity contribution in [1.29, 1.82) is 0 Å². The number of benzene rings is 2. The number of anilines is 1. The topological polar surface area (TPSA) is 128 Å². The molecule has 0 amide bonds. The summed E-state index contributed by atoms with van der Waals surface area (Å²) in [7, 11) is 2.75. The lowest BCUT2D eigenvalue weighted by Crippen LogP contribution is -2.32. The highest BCUT2D eigenvalue weighted by Gasteiger charge is 2.38. The summed E-state index contributed by atoms with van der Waals surface area (Å²) < 4.78 is 11.4. The highest BCUT2D eigenvalue weighted by atomic mass is 16.5. The van der Waals surface area contributed by atoms with Gasteiger partial charge in [0.25, 0.3) is 0 Å². The van der Waals surface area contributed by atoms with Crippen molar-refractivity contribution in [2.75, 3.05) is 19.5 Å². The molecule has 2 aromatic carbocycles. The van der Waals surface area contributed by atoms with Gasteiger partial charge in [0.2, 0.25) is 5.95 Å². The zero-order valence-corrected chi connectivity index (χ0v) is 16.1. The fourth-order valence-electron chi connectivity index (χ4n) is 3.25. The van der Waals surface area contributed by atoms with Crippen LogP contribution in [0.2, 0.25) is 0 Å². The molecule has 0 fully saturated rings. The lowest BCUT2D eigenvalue weighted by molar-refractivity contribution is -0.136. The minimum Gasteiger partial charge on any atom is -0.508 e. The molecule has 10 heteroatoms. The number of phenols is 1. The van der Waals surface area contributed by atoms with Gasteiger partial charge in [-0.25, -0.2) is 4.79 Å². The number of aromatic hydroxyl groups is 1. The number of esters is 1. The van der Waals surface area contributed by atoms with Crippen molar-refractivity contribution < 1.29 is 24.2 Å². The maximum Gasteiger partial charge on any atom is 0.355 e. The molecule has 0 saturated heterocycles. The Balaban J connectivity index is 1.91. The Kier molecular flexibility index (Phi) is 4.88. The van der Waals surface area contributed by atoms with E-state index in [0.717, 1.165) is 0 Å². The fraction of sp³-hybridized carbons (Fsp3) is 0.150. The predicted molar refractivity (Wildman–Crippen MR) is 104 cm³/mol. The van der Waals surface area contributed by atoms with Crippen LogP contribution in [-0.4, -0.2) is 51.3 Å². The van der Waals surface area contributed by atoms with Crippen LogP contribution in [-0.2, 0) is 9.53 Å². The van der Waals surface area contributed by atoms with E-state index >= 15 is 0 Å². The Morgan fingerprint density at radius 2 is 1.77 bits per heavy atom. The molecule has 152 valence electrons. The number of fused-ring (bicyclic) bond motifs is 1. The van der Waals surface area contributed by atoms with Crippen LogP contribution in [0.25, 0.3) is 0 Å². The monoisotopic (exact) mass is 407 g/mol. The van der Waals surface area contributed by atoms with E-state index in [1.54, 1.807) is 36.4 Å². The smallest absolute Gasteiger partial charge is 0.355 e. The normalized spacial score (nSPS) is 15.2. The number of rotatable bonds is 5. The number of Topliss-reactive ketones (excluding diaryl/α,β-unsaturated/α-hetero) is 1. The van der Waals surface area contributed by atoms with Crippen molar-refractivity contribution in [3.05, 3.63) is 70.9 Å². The zero-order chi connectivity index (χ0) is 21.3. The fourth-order valence-corrected chi connectivity index (χ4v) is 3.25. The average Bonchev–Trinajstić information content (AvgIpc) is 3.26. The predicted octanol–water partition coefficient (Wildman–Crippen LogP) is 1.71. The van der Waals surface area contributed by atoms with Gasteiger partial charge >= 0.3 is 5.97 Å². The van der Waals surface area contributed by atoms with Crippen LogP contribution in [0.1, 0.15) is 22.0 Å². The van der Waals surface area contributed by atoms with Crippen LogP contribution < -0.4 is 10.1 Å². The Hall–Kier alpha value is -4.21. The molecule has 10 nitrogen and oxygen atoms in total. The first-order valence-electron chi connectivity index (χ1n) is 8.88. The number of phenolic OH excluding ortho intramolecular Hbond substituents is 1. The van der Waals surface area contributed by atoms with Crippen molar-refractivity contribution in [2.24, 2.45) is 0 Å². The van der Waals surface area contributed by atoms with E-state index < -0.39 is 17.8 Å². The number of hydrogen-bond donors (Lipinski definition) is 2. The number of allylic oxidation sites excluding steroid dienone is 1. The van der Waals surface area contributed by atoms with Gasteiger partial charge in [0, 0.05) is 5.56 Å². The quantitative estimate of drug-likeness (QED) is 0.480. The summed E-state index contributed by atoms with van der Waals surface area (Å²) in [6, 6.07) is 11.9. The van der Waals surface area contributed by atoms with Crippen molar-refractivity contribution in [3.63, 3.8) is 0 Å². The van der Waals surface area contributed by atoms with Gasteiger partial charge in [-0.1, -0.05) is 17.2 Å². The van der Waals surface area contributed by atoms with Gasteiger partial charge < -0.3 is 19.9 Å². The van der Waals surface area contributed by atoms with Gasteiger partial charge in [-0.3, -0.25) is 4.79 Å². The van der Waals surface area contributed by atoms with Crippen molar-refractivity contribution in [3.8, 4) is 11.5 Å². The lowest BCUT2D eigenvalue weighted by atomic mass is 9.89. The molecule has 0 unspecified atom stereocenters. The summed E-state index contributed by atoms with van der Waals surface area (Å²) >= 11 is 0. The maximum absolute atomic E-state index is 13.5. The number of nitrogens with one attached hydrogen (secondary N) is 1. The third-order valence-electron chi connectivity index (χ3n) is 4.71. The number of carbonyl (C=O) groups excluding carboxylic acids is 2. The molecular weight excluding hydrogens is 390 g/mol. The van der Waals surface area contributed by atoms with Crippen molar-refractivity contribution >= 4 is 17.7 Å². The Labute approximate surface area is 170 Å². The van der Waals surface area contributed by atoms with E-state index in [1.165, 1.54) is 31.0 Å². The molecule has 2 heterocycles. The lowest BCUT2D eigenvalue weighted by Gasteiger charge is -2.28. The van der Waals surface area contributed by atoms with Crippen LogP contribution in [0.5, 0.6) is 11.5 Å². The number of ketones is 1. The van der Waals surface area contributed by atoms with E-state index in [9.17, 15) is 14.7 Å². The number of nitrogens with zero attached hydrogens (tertiary/aromatic N) is 4. The molecule has 1 aliphatic rings. The molecule has 0 bridgehead atoms. The van der Waals surface area contributed by atoms with Crippen LogP contribution in [0.4, 0.5) is 5.95 Å². The van der Waals surface area contributed by atoms with Crippen LogP contribution >= 0.6 is 0 Å². The number of methoxy groups -OCH3 is 2. The van der Waals surface area contributed by atoms with E-state index in [-0.39, 0.29) is 23.0 Å². The van der Waals surface area contributed by atoms with Gasteiger partial charge in [-0.15, -0.1) is 0 Å². The van der Waals surface area contributed by atoms with Crippen LogP contribution in [0, 0.1) is 0 Å². The molecule has 4 rings (SSSR count). The minimum atomic E-state index is -0.819. The molecule has 30 heavy (non-hydrogen) atoms. The average molecular weight is 407 g/mol. The number of ether oxygens (including phenoxy) is 2. The molecule has 3 aromatic rings. The number of tetrazole rings is 1. The summed E-state index contributed by atoms with van der Waals surface area (Å²) in [6.07, 6.45) is 0. The second-order valence-corrected chi connectivity index (χ2v) is 6.40. The van der Waals surface area contributed by atoms with E-state index in [1.807, 2.05) is 0 Å². The molecule has 0 spiro atoms. The van der Waals surface area contributed by atoms with Gasteiger partial charge in [0.15, 0.2) is 5.78 Å². The second-order valence-electron chi connectivity index (χ2n) is 6.40. The first kappa shape index (κ1) is 19.1. The third kappa shape index (κ3) is 3.24. The summed E-state index contributed by atoms with van der Waals surface area (Å²) in [5, 5.41) is 24.0. The number of hydrogen-bond acceptors (Lipinski definition) is 9. The van der Waals surface area contributed by atoms with Crippen molar-refractivity contribution in [1.82, 2.24) is 20.2 Å². The molecule has 1 aromatic heterocycles. The van der Waals surface area contributed by atoms with Crippen LogP contribution in [0.15, 0.2) is 59.8 Å². The Morgan fingerprint density at radius 1 is 1.07 bits per heavy atom. The van der Waals surface area contributed by atoms with E-state index in [0.29, 0.717) is 16.9 Å². The molecule has 0 aliphatic carbocycles. The molecule has 0 saturated carbocycles. The molecule has 1 aliphatic heterocycles. The molecule has 0 radical (unpaired) electrons. The highest BCUT2D eigenvalue weighted by Crippen LogP contribution is 2.37. The Bertz CT molecular complexity index is 1140. The maximum atomic E-state index is 13.5. The molecule has 1 atom stereocenters. The summed E-state index contributed by atoms with van der Waals surface area (Å²) in [5.74, 6) is -0.312.